The topological polar surface area (TPSA) is 307 Å². The summed E-state index contributed by atoms with van der Waals surface area (Å²) in [5, 5.41) is 44.9. The zero-order chi connectivity index (χ0) is 55.2. The van der Waals surface area contributed by atoms with Gasteiger partial charge in [0.05, 0.1) is 36.9 Å². The van der Waals surface area contributed by atoms with Crippen molar-refractivity contribution >= 4 is 35.8 Å². The van der Waals surface area contributed by atoms with E-state index >= 15 is 0 Å². The van der Waals surface area contributed by atoms with Gasteiger partial charge in [0.25, 0.3) is 0 Å². The number of rotatable bonds is 17. The third-order valence-corrected chi connectivity index (χ3v) is 13.4. The number of esters is 6. The standard InChI is InChI=1S/C49H83NO23/c1-16-33(55)69-32-21-35(57)64-24(4)19-31(54)39(58)40(59)41(60)42(67-27(7)51)23(3)18-30(20-36(61-13)62-14)44(45(32)63-15)72-48-46(68-28(8)52)38(50(11)12)43(25(5)66-48)71-37-22-49(10,73-29(9)53)47(26(6)65-37)70-34(56)17-2/h23-26,30-32,36-48,54,58-60H,16-22H2,1-15H3/t23-,24-,25-,26+,30-,31?,32-,37+,38+,39?,40?,41?,42-,43-,44+,45+,46-,47+,48+,49-/m1/s1. The third kappa shape index (κ3) is 17.7. The number of hydrogen-bond acceptors (Lipinski definition) is 24. The average Bonchev–Trinajstić information content (AvgIpc) is 3.29. The molecule has 422 valence electrons. The normalized spacial score (nSPS) is 38.2. The summed E-state index contributed by atoms with van der Waals surface area (Å²) < 4.78 is 79.0. The maximum atomic E-state index is 13.8. The molecule has 3 fully saturated rings. The van der Waals surface area contributed by atoms with Gasteiger partial charge in [0.1, 0.15) is 48.8 Å². The number of cyclic esters (lactones) is 1. The second-order valence-electron chi connectivity index (χ2n) is 19.6. The first-order valence-corrected chi connectivity index (χ1v) is 24.9. The first-order valence-electron chi connectivity index (χ1n) is 24.9. The van der Waals surface area contributed by atoms with Crippen LogP contribution in [0, 0.1) is 11.8 Å². The summed E-state index contributed by atoms with van der Waals surface area (Å²) in [6.07, 6.45) is -25.0. The minimum atomic E-state index is -2.09. The van der Waals surface area contributed by atoms with Gasteiger partial charge in [0.2, 0.25) is 0 Å². The quantitative estimate of drug-likeness (QED) is 0.0905. The summed E-state index contributed by atoms with van der Waals surface area (Å²) in [7, 11) is 7.44. The third-order valence-electron chi connectivity index (χ3n) is 13.4. The van der Waals surface area contributed by atoms with Crippen molar-refractivity contribution in [1.82, 2.24) is 4.90 Å². The summed E-state index contributed by atoms with van der Waals surface area (Å²) in [5.74, 6) is -6.36. The van der Waals surface area contributed by atoms with Crippen molar-refractivity contribution in [3.05, 3.63) is 0 Å². The Labute approximate surface area is 428 Å². The van der Waals surface area contributed by atoms with Gasteiger partial charge in [-0.2, -0.15) is 0 Å². The molecule has 3 aliphatic rings. The van der Waals surface area contributed by atoms with Crippen LogP contribution in [0.5, 0.6) is 0 Å². The SMILES string of the molecule is CCC(=O)O[C@@H]1CC(=O)O[C@H](C)CC(O)C(O)C(O)C(O)[C@H](OC(C)=O)[C@H](C)C[C@H](CC(OC)OC)[C@H](O[C@@H]2O[C@H](C)[C@@H](O[C@H]3C[C@@](C)(OC(C)=O)[C@@H](OC(=O)CC)[C@H](C)O3)[C@H](N(C)C)[C@H]2OC(C)=O)[C@H]1OC. The number of hydrogen-bond donors (Lipinski definition) is 4. The molecule has 4 unspecified atom stereocenters. The van der Waals surface area contributed by atoms with Crippen molar-refractivity contribution in [1.29, 1.82) is 0 Å². The number of aliphatic hydroxyl groups is 4. The zero-order valence-corrected chi connectivity index (χ0v) is 45.0. The molecule has 0 spiro atoms. The van der Waals surface area contributed by atoms with Crippen LogP contribution < -0.4 is 0 Å². The van der Waals surface area contributed by atoms with Gasteiger partial charge in [-0.15, -0.1) is 0 Å². The minimum absolute atomic E-state index is 0.0574. The monoisotopic (exact) mass is 1050 g/mol. The Kier molecular flexibility index (Phi) is 25.3. The van der Waals surface area contributed by atoms with Crippen LogP contribution in [0.4, 0.5) is 0 Å². The summed E-state index contributed by atoms with van der Waals surface area (Å²) >= 11 is 0. The van der Waals surface area contributed by atoms with E-state index in [9.17, 15) is 49.2 Å². The average molecular weight is 1050 g/mol. The number of carbonyl (C=O) groups excluding carboxylic acids is 6. The molecule has 73 heavy (non-hydrogen) atoms. The molecule has 3 heterocycles. The van der Waals surface area contributed by atoms with Crippen LogP contribution in [0.2, 0.25) is 0 Å². The minimum Gasteiger partial charge on any atom is -0.462 e. The van der Waals surface area contributed by atoms with Crippen molar-refractivity contribution in [2.75, 3.05) is 35.4 Å². The zero-order valence-electron chi connectivity index (χ0n) is 45.0. The van der Waals surface area contributed by atoms with E-state index in [0.29, 0.717) is 0 Å². The fourth-order valence-corrected chi connectivity index (χ4v) is 10.0. The molecule has 0 saturated carbocycles. The maximum Gasteiger partial charge on any atom is 0.309 e. The molecule has 24 nitrogen and oxygen atoms in total. The Bertz CT molecular complexity index is 1780. The molecule has 4 N–H and O–H groups in total. The highest BCUT2D eigenvalue weighted by atomic mass is 16.7. The highest BCUT2D eigenvalue weighted by molar-refractivity contribution is 5.73. The Morgan fingerprint density at radius 2 is 1.30 bits per heavy atom. The van der Waals surface area contributed by atoms with Crippen LogP contribution in [-0.4, -0.2) is 213 Å². The Morgan fingerprint density at radius 3 is 1.84 bits per heavy atom. The predicted octanol–water partition coefficient (Wildman–Crippen LogP) is 1.23. The Morgan fingerprint density at radius 1 is 0.712 bits per heavy atom. The van der Waals surface area contributed by atoms with Gasteiger partial charge in [0.15, 0.2) is 36.7 Å². The van der Waals surface area contributed by atoms with Crippen LogP contribution in [0.1, 0.15) is 114 Å². The van der Waals surface area contributed by atoms with Crippen molar-refractivity contribution < 1.29 is 111 Å². The summed E-state index contributed by atoms with van der Waals surface area (Å²) in [6, 6.07) is -0.917. The molecule has 0 bridgehead atoms. The van der Waals surface area contributed by atoms with Crippen molar-refractivity contribution in [3.8, 4) is 0 Å². The highest BCUT2D eigenvalue weighted by Crippen LogP contribution is 2.41. The van der Waals surface area contributed by atoms with E-state index in [1.54, 1.807) is 53.6 Å². The van der Waals surface area contributed by atoms with Gasteiger partial charge < -0.3 is 86.9 Å². The molecular formula is C49H83NO23. The molecule has 0 aliphatic carbocycles. The van der Waals surface area contributed by atoms with Gasteiger partial charge in [-0.1, -0.05) is 20.8 Å². The molecule has 0 aromatic rings. The van der Waals surface area contributed by atoms with E-state index in [4.69, 9.17) is 61.6 Å². The maximum absolute atomic E-state index is 13.8. The van der Waals surface area contributed by atoms with E-state index in [0.717, 1.165) is 6.92 Å². The lowest BCUT2D eigenvalue weighted by molar-refractivity contribution is -0.346. The lowest BCUT2D eigenvalue weighted by Gasteiger charge is -2.51. The first kappa shape index (κ1) is 63.6. The fraction of sp³-hybridized carbons (Fsp3) is 0.878. The molecule has 0 amide bonds. The van der Waals surface area contributed by atoms with Crippen molar-refractivity contribution in [2.45, 2.75) is 230 Å². The lowest BCUT2D eigenvalue weighted by atomic mass is 9.80. The van der Waals surface area contributed by atoms with E-state index in [1.165, 1.54) is 49.0 Å². The van der Waals surface area contributed by atoms with Crippen LogP contribution in [0.15, 0.2) is 0 Å². The lowest BCUT2D eigenvalue weighted by Crippen LogP contribution is -2.67. The fourth-order valence-electron chi connectivity index (χ4n) is 10.0. The van der Waals surface area contributed by atoms with Crippen molar-refractivity contribution in [3.63, 3.8) is 0 Å². The van der Waals surface area contributed by atoms with Gasteiger partial charge in [-0.05, 0) is 60.0 Å². The van der Waals surface area contributed by atoms with Gasteiger partial charge in [-0.3, -0.25) is 28.8 Å². The summed E-state index contributed by atoms with van der Waals surface area (Å²) in [4.78, 5) is 79.6. The van der Waals surface area contributed by atoms with Crippen molar-refractivity contribution in [2.24, 2.45) is 11.8 Å². The number of carbonyl (C=O) groups is 6. The van der Waals surface area contributed by atoms with E-state index < -0.39 is 176 Å². The van der Waals surface area contributed by atoms with Crippen LogP contribution in [0.3, 0.4) is 0 Å². The number of nitrogens with zero attached hydrogens (tertiary/aromatic N) is 1. The van der Waals surface area contributed by atoms with E-state index in [2.05, 4.69) is 0 Å². The molecule has 0 radical (unpaired) electrons. The number of likely N-dealkylation sites (N-methyl/N-ethyl adjacent to an activating group) is 1. The smallest absolute Gasteiger partial charge is 0.309 e. The number of methoxy groups -OCH3 is 3. The number of ether oxygens (including phenoxy) is 13. The van der Waals surface area contributed by atoms with Crippen LogP contribution >= 0.6 is 0 Å². The highest BCUT2D eigenvalue weighted by Gasteiger charge is 2.56. The van der Waals surface area contributed by atoms with Crippen LogP contribution in [-0.2, 0) is 90.3 Å². The second-order valence-corrected chi connectivity index (χ2v) is 19.6. The molecule has 0 aromatic carbocycles. The Balaban J connectivity index is 2.31. The van der Waals surface area contributed by atoms with E-state index in [1.807, 2.05) is 0 Å². The molecule has 3 saturated heterocycles. The van der Waals surface area contributed by atoms with Gasteiger partial charge in [0, 0.05) is 74.2 Å². The summed E-state index contributed by atoms with van der Waals surface area (Å²) in [6.45, 7) is 14.6. The Hall–Kier alpha value is -3.66. The molecule has 3 rings (SSSR count). The summed E-state index contributed by atoms with van der Waals surface area (Å²) in [5.41, 5.74) is -1.41. The van der Waals surface area contributed by atoms with E-state index in [-0.39, 0.29) is 32.1 Å². The molecule has 24 heteroatoms. The molecule has 3 aliphatic heterocycles. The molecule has 20 atom stereocenters. The first-order chi connectivity index (χ1) is 34.1. The number of aliphatic hydroxyl groups excluding tert-OH is 4. The molecule has 0 aromatic heterocycles. The second kappa shape index (κ2) is 29.0. The predicted molar refractivity (Wildman–Crippen MR) is 251 cm³/mol. The van der Waals surface area contributed by atoms with Gasteiger partial charge in [-0.25, -0.2) is 0 Å². The largest absolute Gasteiger partial charge is 0.462 e. The van der Waals surface area contributed by atoms with Crippen LogP contribution in [0.25, 0.3) is 0 Å². The molecular weight excluding hydrogens is 971 g/mol. The van der Waals surface area contributed by atoms with Gasteiger partial charge >= 0.3 is 35.8 Å².